The highest BCUT2D eigenvalue weighted by Crippen LogP contribution is 2.54. The zero-order valence-corrected chi connectivity index (χ0v) is 35.8. The average molecular weight is 807 g/mol. The fraction of sp³-hybridized carbons (Fsp3) is 0.333. The summed E-state index contributed by atoms with van der Waals surface area (Å²) in [4.78, 5) is 8.16. The zero-order chi connectivity index (χ0) is 35.8. The number of benzene rings is 4. The molecule has 4 aromatic rings. The Morgan fingerprint density at radius 1 is 0.429 bits per heavy atom. The van der Waals surface area contributed by atoms with Crippen LogP contribution < -0.4 is 27.7 Å². The number of nitrogens with two attached hydrogens (primary N) is 4. The molecule has 0 unspecified atom stereocenters. The van der Waals surface area contributed by atoms with E-state index in [1.807, 2.05) is 0 Å². The van der Waals surface area contributed by atoms with Crippen LogP contribution in [0.1, 0.15) is 27.7 Å². The van der Waals surface area contributed by atoms with E-state index in [1.165, 1.54) is 0 Å². The molecule has 8 N–H and O–H groups in total. The van der Waals surface area contributed by atoms with Crippen LogP contribution in [0.4, 0.5) is 22.7 Å². The van der Waals surface area contributed by atoms with Crippen LogP contribution in [0.25, 0.3) is 22.3 Å². The molecule has 5 nitrogen and oxygen atoms in total. The fourth-order valence-corrected chi connectivity index (χ4v) is 11.3. The molecule has 49 heavy (non-hydrogen) atoms. The minimum absolute atomic E-state index is 0.751. The molecule has 0 aromatic heterocycles. The molecule has 0 saturated carbocycles. The van der Waals surface area contributed by atoms with Crippen molar-refractivity contribution in [1.82, 2.24) is 0 Å². The van der Waals surface area contributed by atoms with Crippen LogP contribution in [0.5, 0.6) is 11.5 Å². The second kappa shape index (κ2) is 19.0. The second-order valence-electron chi connectivity index (χ2n) is 10.4. The Balaban J connectivity index is 2.16. The van der Waals surface area contributed by atoms with Gasteiger partial charge in [0.25, 0.3) is 0 Å². The van der Waals surface area contributed by atoms with Gasteiger partial charge in [-0.05, 0) is 95.6 Å². The normalized spacial score (nSPS) is 11.3. The molecule has 0 heterocycles. The van der Waals surface area contributed by atoms with Crippen molar-refractivity contribution >= 4 is 117 Å². The number of anilines is 4. The highest BCUT2D eigenvalue weighted by Gasteiger charge is 2.26. The Morgan fingerprint density at radius 2 is 0.735 bits per heavy atom. The number of hydrogen-bond acceptors (Lipinski definition) is 13. The van der Waals surface area contributed by atoms with E-state index in [0.717, 1.165) is 119 Å². The first-order valence-corrected chi connectivity index (χ1v) is 24.6. The Kier molecular flexibility index (Phi) is 15.7. The van der Waals surface area contributed by atoms with E-state index < -0.39 is 0 Å². The smallest absolute Gasteiger partial charge is 0.137 e. The third-order valence-electron chi connectivity index (χ3n) is 7.55. The summed E-state index contributed by atoms with van der Waals surface area (Å²) in [7, 11) is 0. The molecule has 0 bridgehead atoms. The second-order valence-corrected chi connectivity index (χ2v) is 19.0. The van der Waals surface area contributed by atoms with Crippen LogP contribution in [-0.2, 0) is 0 Å². The van der Waals surface area contributed by atoms with E-state index in [2.05, 4.69) is 89.1 Å². The molecule has 0 saturated heterocycles. The van der Waals surface area contributed by atoms with Crippen LogP contribution in [-0.4, -0.2) is 48.0 Å². The predicted octanol–water partition coefficient (Wildman–Crippen LogP) is 12.5. The summed E-state index contributed by atoms with van der Waals surface area (Å²) < 4.78 is 7.31. The summed E-state index contributed by atoms with van der Waals surface area (Å²) in [5, 5.41) is 0. The van der Waals surface area contributed by atoms with Crippen molar-refractivity contribution in [3.63, 3.8) is 0 Å². The molecule has 0 radical (unpaired) electrons. The van der Waals surface area contributed by atoms with Crippen molar-refractivity contribution in [1.29, 1.82) is 0 Å². The van der Waals surface area contributed by atoms with Crippen LogP contribution in [0, 0.1) is 0 Å². The Labute approximate surface area is 326 Å². The first-order valence-electron chi connectivity index (χ1n) is 15.8. The predicted molar refractivity (Wildman–Crippen MR) is 234 cm³/mol. The molecule has 4 rings (SSSR count). The van der Waals surface area contributed by atoms with E-state index in [0.29, 0.717) is 0 Å². The molecular weight excluding hydrogens is 761 g/mol. The lowest BCUT2D eigenvalue weighted by Crippen LogP contribution is -2.03. The van der Waals surface area contributed by atoms with Gasteiger partial charge in [0.1, 0.15) is 11.5 Å². The molecule has 264 valence electrons. The van der Waals surface area contributed by atoms with E-state index in [4.69, 9.17) is 27.7 Å². The number of ether oxygens (including phenoxy) is 1. The monoisotopic (exact) mass is 806 g/mol. The van der Waals surface area contributed by atoms with Crippen LogP contribution >= 0.6 is 94.1 Å². The van der Waals surface area contributed by atoms with Gasteiger partial charge in [0.05, 0.1) is 22.7 Å². The number of rotatable bonds is 16. The third-order valence-corrected chi connectivity index (χ3v) is 14.5. The summed E-state index contributed by atoms with van der Waals surface area (Å²) in [6.45, 7) is 8.61. The lowest BCUT2D eigenvalue weighted by molar-refractivity contribution is 0.481. The van der Waals surface area contributed by atoms with Gasteiger partial charge in [-0.3, -0.25) is 0 Å². The van der Waals surface area contributed by atoms with Crippen LogP contribution in [0.3, 0.4) is 0 Å². The van der Waals surface area contributed by atoms with Gasteiger partial charge in [0.15, 0.2) is 0 Å². The molecule has 0 aliphatic heterocycles. The van der Waals surface area contributed by atoms with Gasteiger partial charge in [-0.25, -0.2) is 0 Å². The van der Waals surface area contributed by atoms with Gasteiger partial charge < -0.3 is 27.7 Å². The first-order chi connectivity index (χ1) is 23.6. The third kappa shape index (κ3) is 8.84. The number of nitrogen functional groups attached to an aromatic ring is 4. The Morgan fingerprint density at radius 3 is 1.00 bits per heavy atom. The van der Waals surface area contributed by atoms with Gasteiger partial charge in [0, 0.05) is 50.3 Å². The SMILES string of the molecule is CCSc1cc(Oc2cc(SCC)c(N)c(SCC)c2-c2cc(SC)c(N)c(SC)c2)c(-c2cc(SC)c(N)c(SC)c2)c(SCC)c1N. The van der Waals surface area contributed by atoms with Gasteiger partial charge in [0.2, 0.25) is 0 Å². The molecule has 0 fully saturated rings. The lowest BCUT2D eigenvalue weighted by Gasteiger charge is -2.24. The topological polar surface area (TPSA) is 113 Å². The maximum Gasteiger partial charge on any atom is 0.137 e. The van der Waals surface area contributed by atoms with Crippen molar-refractivity contribution in [3.8, 4) is 33.8 Å². The van der Waals surface area contributed by atoms with Crippen LogP contribution in [0.2, 0.25) is 0 Å². The van der Waals surface area contributed by atoms with Gasteiger partial charge >= 0.3 is 0 Å². The Bertz CT molecular complexity index is 1620. The number of thioether (sulfide) groups is 8. The number of hydrogen-bond donors (Lipinski definition) is 4. The molecule has 0 amide bonds. The van der Waals surface area contributed by atoms with Gasteiger partial charge in [-0.1, -0.05) is 27.7 Å². The molecule has 4 aromatic carbocycles. The van der Waals surface area contributed by atoms with Crippen molar-refractivity contribution in [3.05, 3.63) is 36.4 Å². The van der Waals surface area contributed by atoms with E-state index in [-0.39, 0.29) is 0 Å². The van der Waals surface area contributed by atoms with Crippen LogP contribution in [0.15, 0.2) is 75.6 Å². The summed E-state index contributed by atoms with van der Waals surface area (Å²) in [5.41, 5.74) is 34.4. The summed E-state index contributed by atoms with van der Waals surface area (Å²) in [6.07, 6.45) is 8.25. The van der Waals surface area contributed by atoms with Crippen molar-refractivity contribution < 1.29 is 4.74 Å². The minimum atomic E-state index is 0.751. The quantitative estimate of drug-likeness (QED) is 0.0637. The highest BCUT2D eigenvalue weighted by molar-refractivity contribution is 8.01. The molecular formula is C36H46N4OS8. The van der Waals surface area contributed by atoms with Crippen molar-refractivity contribution in [2.75, 3.05) is 71.0 Å². The van der Waals surface area contributed by atoms with Gasteiger partial charge in [-0.15, -0.1) is 94.1 Å². The zero-order valence-electron chi connectivity index (χ0n) is 29.3. The average Bonchev–Trinajstić information content (AvgIpc) is 3.09. The minimum Gasteiger partial charge on any atom is -0.456 e. The molecule has 13 heteroatoms. The lowest BCUT2D eigenvalue weighted by atomic mass is 10.0. The van der Waals surface area contributed by atoms with Crippen molar-refractivity contribution in [2.45, 2.75) is 66.9 Å². The molecule has 0 spiro atoms. The largest absolute Gasteiger partial charge is 0.456 e. The van der Waals surface area contributed by atoms with E-state index >= 15 is 0 Å². The maximum atomic E-state index is 7.31. The van der Waals surface area contributed by atoms with E-state index in [1.54, 1.807) is 94.1 Å². The first kappa shape index (κ1) is 40.5. The van der Waals surface area contributed by atoms with Gasteiger partial charge in [-0.2, -0.15) is 0 Å². The maximum absolute atomic E-state index is 7.31. The molecule has 0 aliphatic rings. The van der Waals surface area contributed by atoms with E-state index in [9.17, 15) is 0 Å². The molecule has 0 aliphatic carbocycles. The molecule has 0 atom stereocenters. The summed E-state index contributed by atoms with van der Waals surface area (Å²) in [6, 6.07) is 12.9. The fourth-order valence-electron chi connectivity index (χ4n) is 5.39. The van der Waals surface area contributed by atoms with Crippen molar-refractivity contribution in [2.24, 2.45) is 0 Å². The standard InChI is InChI=1S/C36H46N4OS8/c1-9-46-27-17-21(29(35(33(27)39)48-11-3)19-13-23(42-5)31(37)24(14-19)43-6)41-22-18-28(47-10-2)34(40)36(49-12-4)30(22)20-15-25(44-7)32(38)26(16-20)45-8/h13-18H,9-12,37-40H2,1-8H3. The summed E-state index contributed by atoms with van der Waals surface area (Å²) in [5.74, 6) is 4.99. The Hall–Kier alpha value is -1.32. The summed E-state index contributed by atoms with van der Waals surface area (Å²) >= 11 is 13.5. The highest BCUT2D eigenvalue weighted by atomic mass is 32.2.